The van der Waals surface area contributed by atoms with Crippen LogP contribution in [0.4, 0.5) is 15.8 Å². The van der Waals surface area contributed by atoms with Crippen molar-refractivity contribution in [2.75, 3.05) is 18.0 Å². The molecule has 2 N–H and O–H groups in total. The minimum Gasteiger partial charge on any atom is -0.363 e. The third-order valence-electron chi connectivity index (χ3n) is 4.37. The summed E-state index contributed by atoms with van der Waals surface area (Å²) in [5, 5.41) is 11.2. The number of benzene rings is 1. The van der Waals surface area contributed by atoms with Crippen LogP contribution in [0.2, 0.25) is 0 Å². The normalized spacial score (nSPS) is 22.0. The summed E-state index contributed by atoms with van der Waals surface area (Å²) in [6.45, 7) is 3.10. The van der Waals surface area contributed by atoms with E-state index in [0.29, 0.717) is 24.7 Å². The molecule has 0 saturated heterocycles. The largest absolute Gasteiger partial charge is 0.363 e. The van der Waals surface area contributed by atoms with Crippen LogP contribution in [0.25, 0.3) is 0 Å². The first kappa shape index (κ1) is 15.7. The summed E-state index contributed by atoms with van der Waals surface area (Å²) in [5.41, 5.74) is 5.80. The average Bonchev–Trinajstić information content (AvgIpc) is 2.48. The molecule has 0 amide bonds. The SMILES string of the molecule is CCN(c1cccc(F)c1[N+](=O)[O-])C1CCCCC1CN. The smallest absolute Gasteiger partial charge is 0.327 e. The van der Waals surface area contributed by atoms with E-state index in [9.17, 15) is 14.5 Å². The third kappa shape index (κ3) is 3.15. The van der Waals surface area contributed by atoms with Crippen LogP contribution in [-0.2, 0) is 0 Å². The zero-order valence-corrected chi connectivity index (χ0v) is 12.3. The molecule has 5 nitrogen and oxygen atoms in total. The van der Waals surface area contributed by atoms with Crippen molar-refractivity contribution in [2.24, 2.45) is 11.7 Å². The van der Waals surface area contributed by atoms with E-state index in [2.05, 4.69) is 0 Å². The summed E-state index contributed by atoms with van der Waals surface area (Å²) in [5.74, 6) is -0.474. The fourth-order valence-corrected chi connectivity index (χ4v) is 3.37. The Hall–Kier alpha value is -1.69. The second-order valence-electron chi connectivity index (χ2n) is 5.50. The second-order valence-corrected chi connectivity index (χ2v) is 5.50. The number of nitro benzene ring substituents is 1. The van der Waals surface area contributed by atoms with Crippen molar-refractivity contribution in [1.82, 2.24) is 0 Å². The number of para-hydroxylation sites is 1. The molecule has 6 heteroatoms. The van der Waals surface area contributed by atoms with E-state index in [4.69, 9.17) is 5.73 Å². The van der Waals surface area contributed by atoms with Gasteiger partial charge in [-0.15, -0.1) is 0 Å². The van der Waals surface area contributed by atoms with Gasteiger partial charge in [-0.25, -0.2) is 0 Å². The summed E-state index contributed by atoms with van der Waals surface area (Å²) >= 11 is 0. The summed E-state index contributed by atoms with van der Waals surface area (Å²) < 4.78 is 13.9. The monoisotopic (exact) mass is 295 g/mol. The van der Waals surface area contributed by atoms with E-state index in [1.54, 1.807) is 6.07 Å². The van der Waals surface area contributed by atoms with E-state index < -0.39 is 16.4 Å². The fourth-order valence-electron chi connectivity index (χ4n) is 3.37. The molecule has 2 rings (SSSR count). The van der Waals surface area contributed by atoms with Crippen molar-refractivity contribution in [2.45, 2.75) is 38.6 Å². The molecule has 1 aliphatic rings. The molecule has 1 aromatic rings. The maximum Gasteiger partial charge on any atom is 0.327 e. The van der Waals surface area contributed by atoms with Crippen LogP contribution in [0.3, 0.4) is 0 Å². The highest BCUT2D eigenvalue weighted by Crippen LogP contribution is 2.36. The molecule has 21 heavy (non-hydrogen) atoms. The van der Waals surface area contributed by atoms with Crippen molar-refractivity contribution in [1.29, 1.82) is 0 Å². The van der Waals surface area contributed by atoms with E-state index in [1.807, 2.05) is 11.8 Å². The van der Waals surface area contributed by atoms with E-state index in [1.165, 1.54) is 6.07 Å². The molecule has 1 aromatic carbocycles. The van der Waals surface area contributed by atoms with Gasteiger partial charge in [0.25, 0.3) is 0 Å². The van der Waals surface area contributed by atoms with Crippen LogP contribution >= 0.6 is 0 Å². The zero-order valence-electron chi connectivity index (χ0n) is 12.3. The van der Waals surface area contributed by atoms with Gasteiger partial charge in [0.15, 0.2) is 0 Å². The molecular formula is C15H22FN3O2. The lowest BCUT2D eigenvalue weighted by atomic mass is 9.83. The molecule has 0 radical (unpaired) electrons. The maximum absolute atomic E-state index is 13.9. The average molecular weight is 295 g/mol. The lowest BCUT2D eigenvalue weighted by Gasteiger charge is -2.40. The summed E-state index contributed by atoms with van der Waals surface area (Å²) in [4.78, 5) is 12.5. The second kappa shape index (κ2) is 6.85. The quantitative estimate of drug-likeness (QED) is 0.669. The highest BCUT2D eigenvalue weighted by Gasteiger charge is 2.33. The Morgan fingerprint density at radius 3 is 2.76 bits per heavy atom. The first-order valence-electron chi connectivity index (χ1n) is 7.49. The van der Waals surface area contributed by atoms with Crippen LogP contribution in [0.1, 0.15) is 32.6 Å². The molecule has 0 aliphatic heterocycles. The van der Waals surface area contributed by atoms with Gasteiger partial charge in [-0.3, -0.25) is 10.1 Å². The summed E-state index contributed by atoms with van der Waals surface area (Å²) in [6, 6.07) is 4.44. The van der Waals surface area contributed by atoms with E-state index in [0.717, 1.165) is 31.7 Å². The predicted octanol–water partition coefficient (Wildman–Crippen LogP) is 3.08. The van der Waals surface area contributed by atoms with Gasteiger partial charge in [0.2, 0.25) is 5.82 Å². The van der Waals surface area contributed by atoms with Gasteiger partial charge in [-0.1, -0.05) is 18.9 Å². The van der Waals surface area contributed by atoms with E-state index >= 15 is 0 Å². The Bertz CT molecular complexity index is 510. The lowest BCUT2D eigenvalue weighted by molar-refractivity contribution is -0.386. The van der Waals surface area contributed by atoms with Crippen LogP contribution in [0.15, 0.2) is 18.2 Å². The first-order chi connectivity index (χ1) is 10.1. The van der Waals surface area contributed by atoms with Crippen molar-refractivity contribution in [3.63, 3.8) is 0 Å². The summed E-state index contributed by atoms with van der Waals surface area (Å²) in [7, 11) is 0. The molecule has 1 aliphatic carbocycles. The van der Waals surface area contributed by atoms with Gasteiger partial charge < -0.3 is 10.6 Å². The predicted molar refractivity (Wildman–Crippen MR) is 80.9 cm³/mol. The Kier molecular flexibility index (Phi) is 5.12. The Morgan fingerprint density at radius 2 is 2.14 bits per heavy atom. The summed E-state index contributed by atoms with van der Waals surface area (Å²) in [6.07, 6.45) is 4.20. The van der Waals surface area contributed by atoms with Crippen LogP contribution < -0.4 is 10.6 Å². The van der Waals surface area contributed by atoms with Crippen molar-refractivity contribution >= 4 is 11.4 Å². The molecular weight excluding hydrogens is 273 g/mol. The molecule has 0 spiro atoms. The topological polar surface area (TPSA) is 72.4 Å². The van der Waals surface area contributed by atoms with Crippen LogP contribution in [0, 0.1) is 21.8 Å². The van der Waals surface area contributed by atoms with Gasteiger partial charge in [-0.2, -0.15) is 4.39 Å². The number of rotatable bonds is 5. The molecule has 0 heterocycles. The Morgan fingerprint density at radius 1 is 1.43 bits per heavy atom. The number of nitro groups is 1. The van der Waals surface area contributed by atoms with Gasteiger partial charge in [0, 0.05) is 12.6 Å². The standard InChI is InChI=1S/C15H22FN3O2/c1-2-18(13-8-4-3-6-11(13)10-17)14-9-5-7-12(16)15(14)19(20)21/h5,7,9,11,13H,2-4,6,8,10,17H2,1H3. The number of hydrogen-bond donors (Lipinski definition) is 1. The number of hydrogen-bond acceptors (Lipinski definition) is 4. The molecule has 1 fully saturated rings. The minimum absolute atomic E-state index is 0.147. The van der Waals surface area contributed by atoms with Gasteiger partial charge in [-0.05, 0) is 44.4 Å². The first-order valence-corrected chi connectivity index (χ1v) is 7.49. The lowest BCUT2D eigenvalue weighted by Crippen LogP contribution is -2.45. The number of nitrogens with two attached hydrogens (primary N) is 1. The van der Waals surface area contributed by atoms with Crippen molar-refractivity contribution in [3.8, 4) is 0 Å². The molecule has 1 saturated carbocycles. The van der Waals surface area contributed by atoms with Crippen molar-refractivity contribution in [3.05, 3.63) is 34.1 Å². The van der Waals surface area contributed by atoms with Gasteiger partial charge >= 0.3 is 5.69 Å². The minimum atomic E-state index is -0.781. The number of nitrogens with zero attached hydrogens (tertiary/aromatic N) is 2. The van der Waals surface area contributed by atoms with Crippen LogP contribution in [-0.4, -0.2) is 24.1 Å². The van der Waals surface area contributed by atoms with Gasteiger partial charge in [0.1, 0.15) is 5.69 Å². The Labute approximate surface area is 124 Å². The Balaban J connectivity index is 2.41. The highest BCUT2D eigenvalue weighted by molar-refractivity contribution is 5.64. The fraction of sp³-hybridized carbons (Fsp3) is 0.600. The molecule has 0 aromatic heterocycles. The zero-order chi connectivity index (χ0) is 15.4. The van der Waals surface area contributed by atoms with Crippen molar-refractivity contribution < 1.29 is 9.31 Å². The third-order valence-corrected chi connectivity index (χ3v) is 4.37. The van der Waals surface area contributed by atoms with E-state index in [-0.39, 0.29) is 6.04 Å². The molecule has 0 bridgehead atoms. The maximum atomic E-state index is 13.9. The number of anilines is 1. The number of halogens is 1. The highest BCUT2D eigenvalue weighted by atomic mass is 19.1. The molecule has 2 unspecified atom stereocenters. The van der Waals surface area contributed by atoms with Crippen LogP contribution in [0.5, 0.6) is 0 Å². The molecule has 116 valence electrons. The molecule has 2 atom stereocenters. The van der Waals surface area contributed by atoms with Gasteiger partial charge in [0.05, 0.1) is 4.92 Å².